The molecular weight excluding hydrogens is 208 g/mol. The summed E-state index contributed by atoms with van der Waals surface area (Å²) < 4.78 is 9.92. The molecule has 0 N–H and O–H groups in total. The van der Waals surface area contributed by atoms with Gasteiger partial charge in [-0.25, -0.2) is 4.79 Å². The first-order chi connectivity index (χ1) is 7.13. The first-order valence-corrected chi connectivity index (χ1v) is 5.21. The third kappa shape index (κ3) is 6.22. The van der Waals surface area contributed by atoms with Crippen LogP contribution >= 0.6 is 0 Å². The van der Waals surface area contributed by atoms with Crippen LogP contribution in [0.1, 0.15) is 34.6 Å². The fourth-order valence-electron chi connectivity index (χ4n) is 0.734. The second kappa shape index (κ2) is 5.68. The Hall–Kier alpha value is -1.32. The summed E-state index contributed by atoms with van der Waals surface area (Å²) in [5.41, 5.74) is -0.425. The van der Waals surface area contributed by atoms with Crippen LogP contribution in [0.3, 0.4) is 0 Å². The molecule has 0 aliphatic heterocycles. The van der Waals surface area contributed by atoms with Gasteiger partial charge in [-0.2, -0.15) is 0 Å². The molecule has 16 heavy (non-hydrogen) atoms. The van der Waals surface area contributed by atoms with Crippen LogP contribution in [0, 0.1) is 5.92 Å². The molecule has 0 atom stereocenters. The maximum atomic E-state index is 11.4. The highest BCUT2D eigenvalue weighted by atomic mass is 16.6. The zero-order valence-corrected chi connectivity index (χ0v) is 10.6. The van der Waals surface area contributed by atoms with Crippen LogP contribution in [0.25, 0.3) is 0 Å². The molecule has 0 radical (unpaired) electrons. The van der Waals surface area contributed by atoms with Crippen LogP contribution in [-0.2, 0) is 19.1 Å². The standard InChI is InChI=1S/C12H20O4/c1-8(2)10(13)15-7-9(3)11(14)16-12(4,5)6/h8H,3,7H2,1-2,4-6H3. The molecule has 0 aromatic carbocycles. The van der Waals surface area contributed by atoms with Gasteiger partial charge >= 0.3 is 11.9 Å². The number of esters is 2. The molecule has 0 saturated carbocycles. The van der Waals surface area contributed by atoms with E-state index in [2.05, 4.69) is 6.58 Å². The first-order valence-electron chi connectivity index (χ1n) is 5.21. The minimum atomic E-state index is -0.567. The normalized spacial score (nSPS) is 11.1. The highest BCUT2D eigenvalue weighted by Gasteiger charge is 2.19. The molecule has 0 saturated heterocycles. The highest BCUT2D eigenvalue weighted by Crippen LogP contribution is 2.10. The zero-order chi connectivity index (χ0) is 12.9. The smallest absolute Gasteiger partial charge is 0.337 e. The fourth-order valence-corrected chi connectivity index (χ4v) is 0.734. The lowest BCUT2D eigenvalue weighted by atomic mass is 10.2. The van der Waals surface area contributed by atoms with Crippen LogP contribution in [0.15, 0.2) is 12.2 Å². The molecule has 0 amide bonds. The Morgan fingerprint density at radius 2 is 1.75 bits per heavy atom. The van der Waals surface area contributed by atoms with Gasteiger partial charge < -0.3 is 9.47 Å². The van der Waals surface area contributed by atoms with E-state index in [-0.39, 0.29) is 24.1 Å². The van der Waals surface area contributed by atoms with Gasteiger partial charge in [0.05, 0.1) is 11.5 Å². The van der Waals surface area contributed by atoms with Gasteiger partial charge in [0.25, 0.3) is 0 Å². The lowest BCUT2D eigenvalue weighted by Crippen LogP contribution is -2.26. The summed E-state index contributed by atoms with van der Waals surface area (Å²) in [6.07, 6.45) is 0. The van der Waals surface area contributed by atoms with Gasteiger partial charge in [0.1, 0.15) is 12.2 Å². The van der Waals surface area contributed by atoms with Crippen molar-refractivity contribution in [3.05, 3.63) is 12.2 Å². The molecular formula is C12H20O4. The summed E-state index contributed by atoms with van der Waals surface area (Å²) in [5.74, 6) is -1.11. The second-order valence-corrected chi connectivity index (χ2v) is 4.87. The molecule has 92 valence electrons. The average molecular weight is 228 g/mol. The highest BCUT2D eigenvalue weighted by molar-refractivity contribution is 5.88. The molecule has 0 bridgehead atoms. The SMILES string of the molecule is C=C(COC(=O)C(C)C)C(=O)OC(C)(C)C. The Balaban J connectivity index is 4.08. The lowest BCUT2D eigenvalue weighted by molar-refractivity contribution is -0.152. The Kier molecular flexibility index (Phi) is 5.21. The van der Waals surface area contributed by atoms with E-state index in [0.29, 0.717) is 0 Å². The van der Waals surface area contributed by atoms with Crippen LogP contribution in [0.2, 0.25) is 0 Å². The van der Waals surface area contributed by atoms with E-state index >= 15 is 0 Å². The number of carbonyl (C=O) groups excluding carboxylic acids is 2. The molecule has 0 unspecified atom stereocenters. The number of hydrogen-bond donors (Lipinski definition) is 0. The monoisotopic (exact) mass is 228 g/mol. The summed E-state index contributed by atoms with van der Waals surface area (Å²) in [6.45, 7) is 12.1. The van der Waals surface area contributed by atoms with Crippen molar-refractivity contribution in [2.75, 3.05) is 6.61 Å². The van der Waals surface area contributed by atoms with E-state index < -0.39 is 11.6 Å². The van der Waals surface area contributed by atoms with E-state index in [1.165, 1.54) is 0 Å². The van der Waals surface area contributed by atoms with E-state index in [4.69, 9.17) is 9.47 Å². The molecule has 0 fully saturated rings. The second-order valence-electron chi connectivity index (χ2n) is 4.87. The van der Waals surface area contributed by atoms with E-state index in [1.54, 1.807) is 34.6 Å². The Bertz CT molecular complexity index is 284. The number of rotatable bonds is 4. The van der Waals surface area contributed by atoms with Crippen LogP contribution < -0.4 is 0 Å². The summed E-state index contributed by atoms with van der Waals surface area (Å²) in [5, 5.41) is 0. The van der Waals surface area contributed by atoms with Gasteiger partial charge in [0.2, 0.25) is 0 Å². The Labute approximate surface area is 96.6 Å². The predicted octanol–water partition coefficient (Wildman–Crippen LogP) is 2.08. The van der Waals surface area contributed by atoms with Gasteiger partial charge in [-0.15, -0.1) is 0 Å². The molecule has 0 aromatic heterocycles. The number of carbonyl (C=O) groups is 2. The molecule has 4 heteroatoms. The van der Waals surface area contributed by atoms with Gasteiger partial charge in [-0.05, 0) is 20.8 Å². The maximum Gasteiger partial charge on any atom is 0.337 e. The molecule has 0 heterocycles. The van der Waals surface area contributed by atoms with Crippen molar-refractivity contribution in [2.45, 2.75) is 40.2 Å². The van der Waals surface area contributed by atoms with Crippen molar-refractivity contribution in [3.8, 4) is 0 Å². The fraction of sp³-hybridized carbons (Fsp3) is 0.667. The summed E-state index contributed by atoms with van der Waals surface area (Å²) in [7, 11) is 0. The van der Waals surface area contributed by atoms with Crippen molar-refractivity contribution in [1.82, 2.24) is 0 Å². The van der Waals surface area contributed by atoms with Crippen molar-refractivity contribution >= 4 is 11.9 Å². The quantitative estimate of drug-likeness (QED) is 0.546. The van der Waals surface area contributed by atoms with Gasteiger partial charge in [-0.1, -0.05) is 20.4 Å². The minimum Gasteiger partial charge on any atom is -0.460 e. The zero-order valence-electron chi connectivity index (χ0n) is 10.6. The van der Waals surface area contributed by atoms with Crippen molar-refractivity contribution in [3.63, 3.8) is 0 Å². The van der Waals surface area contributed by atoms with Crippen LogP contribution in [-0.4, -0.2) is 24.1 Å². The summed E-state index contributed by atoms with van der Waals surface area (Å²) in [6, 6.07) is 0. The molecule has 0 spiro atoms. The molecule has 0 aliphatic carbocycles. The minimum absolute atomic E-state index is 0.119. The maximum absolute atomic E-state index is 11.4. The van der Waals surface area contributed by atoms with E-state index in [1.807, 2.05) is 0 Å². The average Bonchev–Trinajstić information content (AvgIpc) is 2.10. The third-order valence-electron chi connectivity index (χ3n) is 1.55. The van der Waals surface area contributed by atoms with Crippen molar-refractivity contribution in [1.29, 1.82) is 0 Å². The Morgan fingerprint density at radius 3 is 2.12 bits per heavy atom. The van der Waals surface area contributed by atoms with Crippen molar-refractivity contribution in [2.24, 2.45) is 5.92 Å². The lowest BCUT2D eigenvalue weighted by Gasteiger charge is -2.20. The summed E-state index contributed by atoms with van der Waals surface area (Å²) >= 11 is 0. The largest absolute Gasteiger partial charge is 0.460 e. The van der Waals surface area contributed by atoms with Gasteiger partial charge in [0, 0.05) is 0 Å². The molecule has 4 nitrogen and oxygen atoms in total. The van der Waals surface area contributed by atoms with Gasteiger partial charge in [0.15, 0.2) is 0 Å². The van der Waals surface area contributed by atoms with Crippen molar-refractivity contribution < 1.29 is 19.1 Å². The van der Waals surface area contributed by atoms with Gasteiger partial charge in [-0.3, -0.25) is 4.79 Å². The van der Waals surface area contributed by atoms with E-state index in [9.17, 15) is 9.59 Å². The Morgan fingerprint density at radius 1 is 1.25 bits per heavy atom. The molecule has 0 aromatic rings. The predicted molar refractivity (Wildman–Crippen MR) is 60.8 cm³/mol. The first kappa shape index (κ1) is 14.7. The third-order valence-corrected chi connectivity index (χ3v) is 1.55. The number of hydrogen-bond acceptors (Lipinski definition) is 4. The molecule has 0 aliphatic rings. The summed E-state index contributed by atoms with van der Waals surface area (Å²) in [4.78, 5) is 22.6. The molecule has 0 rings (SSSR count). The van der Waals surface area contributed by atoms with Crippen LogP contribution in [0.4, 0.5) is 0 Å². The topological polar surface area (TPSA) is 52.6 Å². The van der Waals surface area contributed by atoms with Crippen LogP contribution in [0.5, 0.6) is 0 Å². The van der Waals surface area contributed by atoms with E-state index in [0.717, 1.165) is 0 Å². The number of ether oxygens (including phenoxy) is 2.